The third kappa shape index (κ3) is 3.29. The largest absolute Gasteiger partial charge is 0.393 e. The average Bonchev–Trinajstić information content (AvgIpc) is 2.16. The maximum absolute atomic E-state index is 9.82. The molecule has 3 atom stereocenters. The maximum Gasteiger partial charge on any atom is 0.0571 e. The lowest BCUT2D eigenvalue weighted by Crippen LogP contribution is -2.30. The Balaban J connectivity index is 2.46. The first-order chi connectivity index (χ1) is 6.65. The molecule has 0 aromatic carbocycles. The number of rotatable bonds is 3. The summed E-state index contributed by atoms with van der Waals surface area (Å²) in [5.74, 6) is 1.95. The summed E-state index contributed by atoms with van der Waals surface area (Å²) in [5.41, 5.74) is 1.56. The zero-order valence-electron chi connectivity index (χ0n) is 9.12. The summed E-state index contributed by atoms with van der Waals surface area (Å²) in [6.45, 7) is 4.55. The molecule has 0 aliphatic heterocycles. The van der Waals surface area contributed by atoms with E-state index in [-0.39, 0.29) is 6.10 Å². The fourth-order valence-corrected chi connectivity index (χ4v) is 2.47. The fraction of sp³-hybridized carbons (Fsp3) is 0.833. The topological polar surface area (TPSA) is 20.2 Å². The smallest absolute Gasteiger partial charge is 0.0571 e. The van der Waals surface area contributed by atoms with Gasteiger partial charge in [-0.25, -0.2) is 0 Å². The zero-order chi connectivity index (χ0) is 10.6. The van der Waals surface area contributed by atoms with Crippen LogP contribution in [0.2, 0.25) is 0 Å². The minimum absolute atomic E-state index is 0.113. The highest BCUT2D eigenvalue weighted by Crippen LogP contribution is 2.35. The molecular formula is C12H21ClO. The monoisotopic (exact) mass is 216 g/mol. The van der Waals surface area contributed by atoms with Crippen molar-refractivity contribution in [3.8, 4) is 0 Å². The highest BCUT2D eigenvalue weighted by Gasteiger charge is 2.29. The maximum atomic E-state index is 9.82. The van der Waals surface area contributed by atoms with E-state index in [9.17, 15) is 5.11 Å². The van der Waals surface area contributed by atoms with Gasteiger partial charge < -0.3 is 5.11 Å². The van der Waals surface area contributed by atoms with Gasteiger partial charge in [0.05, 0.1) is 6.10 Å². The van der Waals surface area contributed by atoms with Crippen molar-refractivity contribution in [2.75, 3.05) is 0 Å². The molecule has 1 saturated carbocycles. The Hall–Kier alpha value is -0.0100. The van der Waals surface area contributed by atoms with Gasteiger partial charge in [-0.2, -0.15) is 0 Å². The fourth-order valence-electron chi connectivity index (χ4n) is 2.37. The Morgan fingerprint density at radius 1 is 1.43 bits per heavy atom. The summed E-state index contributed by atoms with van der Waals surface area (Å²) in [4.78, 5) is 0. The van der Waals surface area contributed by atoms with Crippen molar-refractivity contribution in [2.24, 2.45) is 17.8 Å². The Labute approximate surface area is 92.2 Å². The van der Waals surface area contributed by atoms with Crippen LogP contribution in [0.1, 0.15) is 39.5 Å². The first-order valence-electron chi connectivity index (χ1n) is 5.58. The van der Waals surface area contributed by atoms with Crippen LogP contribution in [0.15, 0.2) is 11.6 Å². The van der Waals surface area contributed by atoms with Crippen LogP contribution in [0.3, 0.4) is 0 Å². The Kier molecular flexibility index (Phi) is 4.97. The Morgan fingerprint density at radius 2 is 2.14 bits per heavy atom. The van der Waals surface area contributed by atoms with Gasteiger partial charge in [-0.15, -0.1) is 0 Å². The van der Waals surface area contributed by atoms with E-state index < -0.39 is 0 Å². The average molecular weight is 217 g/mol. The van der Waals surface area contributed by atoms with Gasteiger partial charge in [0, 0.05) is 5.54 Å². The van der Waals surface area contributed by atoms with Gasteiger partial charge in [0.25, 0.3) is 0 Å². The second-order valence-corrected chi connectivity index (χ2v) is 4.99. The number of aliphatic hydroxyl groups excluding tert-OH is 1. The second kappa shape index (κ2) is 5.77. The van der Waals surface area contributed by atoms with Crippen LogP contribution in [0.4, 0.5) is 0 Å². The molecule has 0 radical (unpaired) electrons. The number of allylic oxidation sites excluding steroid dienone is 1. The van der Waals surface area contributed by atoms with Crippen molar-refractivity contribution < 1.29 is 5.11 Å². The van der Waals surface area contributed by atoms with E-state index in [2.05, 4.69) is 13.8 Å². The zero-order valence-corrected chi connectivity index (χ0v) is 9.87. The van der Waals surface area contributed by atoms with Crippen molar-refractivity contribution in [1.82, 2.24) is 0 Å². The first-order valence-corrected chi connectivity index (χ1v) is 6.02. The van der Waals surface area contributed by atoms with Crippen LogP contribution in [-0.2, 0) is 0 Å². The van der Waals surface area contributed by atoms with Crippen molar-refractivity contribution in [3.63, 3.8) is 0 Å². The SMILES string of the molecule is CC(C)C1CCC(O)C(C/C=C/Cl)C1. The summed E-state index contributed by atoms with van der Waals surface area (Å²) in [6.07, 6.45) is 6.06. The van der Waals surface area contributed by atoms with Gasteiger partial charge in [0.15, 0.2) is 0 Å². The van der Waals surface area contributed by atoms with Crippen molar-refractivity contribution in [3.05, 3.63) is 11.6 Å². The molecule has 1 aliphatic rings. The highest BCUT2D eigenvalue weighted by molar-refractivity contribution is 6.25. The third-order valence-corrected chi connectivity index (χ3v) is 3.63. The van der Waals surface area contributed by atoms with E-state index in [1.807, 2.05) is 6.08 Å². The molecule has 0 aromatic heterocycles. The molecule has 3 unspecified atom stereocenters. The molecule has 1 N–H and O–H groups in total. The van der Waals surface area contributed by atoms with Gasteiger partial charge in [-0.05, 0) is 43.4 Å². The Bertz CT molecular complexity index is 189. The molecule has 1 aliphatic carbocycles. The lowest BCUT2D eigenvalue weighted by atomic mass is 9.74. The molecule has 0 bridgehead atoms. The number of hydrogen-bond acceptors (Lipinski definition) is 1. The van der Waals surface area contributed by atoms with E-state index in [0.29, 0.717) is 5.92 Å². The standard InChI is InChI=1S/C12H21ClO/c1-9(2)10-5-6-12(14)11(8-10)4-3-7-13/h3,7,9-12,14H,4-6,8H2,1-2H3/b7-3+. The van der Waals surface area contributed by atoms with Crippen LogP contribution in [0, 0.1) is 17.8 Å². The van der Waals surface area contributed by atoms with Crippen molar-refractivity contribution in [1.29, 1.82) is 0 Å². The van der Waals surface area contributed by atoms with E-state index in [4.69, 9.17) is 11.6 Å². The number of hydrogen-bond donors (Lipinski definition) is 1. The van der Waals surface area contributed by atoms with Gasteiger partial charge in [0.1, 0.15) is 0 Å². The van der Waals surface area contributed by atoms with E-state index in [1.54, 1.807) is 5.54 Å². The summed E-state index contributed by atoms with van der Waals surface area (Å²) in [7, 11) is 0. The van der Waals surface area contributed by atoms with Gasteiger partial charge >= 0.3 is 0 Å². The molecule has 0 amide bonds. The van der Waals surface area contributed by atoms with E-state index in [0.717, 1.165) is 31.1 Å². The van der Waals surface area contributed by atoms with Crippen LogP contribution in [0.25, 0.3) is 0 Å². The molecule has 82 valence electrons. The van der Waals surface area contributed by atoms with Crippen LogP contribution in [-0.4, -0.2) is 11.2 Å². The molecule has 0 aromatic rings. The van der Waals surface area contributed by atoms with Crippen LogP contribution in [0.5, 0.6) is 0 Å². The lowest BCUT2D eigenvalue weighted by molar-refractivity contribution is 0.0391. The minimum atomic E-state index is -0.113. The van der Waals surface area contributed by atoms with Crippen LogP contribution >= 0.6 is 11.6 Å². The summed E-state index contributed by atoms with van der Waals surface area (Å²) < 4.78 is 0. The third-order valence-electron chi connectivity index (χ3n) is 3.45. The molecule has 0 heterocycles. The molecule has 0 saturated heterocycles. The van der Waals surface area contributed by atoms with Gasteiger partial charge in [0.2, 0.25) is 0 Å². The Morgan fingerprint density at radius 3 is 2.71 bits per heavy atom. The van der Waals surface area contributed by atoms with E-state index in [1.165, 1.54) is 6.42 Å². The van der Waals surface area contributed by atoms with Crippen molar-refractivity contribution in [2.45, 2.75) is 45.6 Å². The normalized spacial score (nSPS) is 34.2. The molecular weight excluding hydrogens is 196 g/mol. The second-order valence-electron chi connectivity index (χ2n) is 4.74. The number of aliphatic hydroxyl groups is 1. The van der Waals surface area contributed by atoms with Gasteiger partial charge in [-0.3, -0.25) is 0 Å². The van der Waals surface area contributed by atoms with Crippen molar-refractivity contribution >= 4 is 11.6 Å². The highest BCUT2D eigenvalue weighted by atomic mass is 35.5. The first kappa shape index (κ1) is 12.1. The summed E-state index contributed by atoms with van der Waals surface area (Å²) in [6, 6.07) is 0. The lowest BCUT2D eigenvalue weighted by Gasteiger charge is -2.34. The molecule has 2 heteroatoms. The van der Waals surface area contributed by atoms with Crippen LogP contribution < -0.4 is 0 Å². The molecule has 0 spiro atoms. The quantitative estimate of drug-likeness (QED) is 0.765. The predicted molar refractivity (Wildman–Crippen MR) is 61.3 cm³/mol. The molecule has 14 heavy (non-hydrogen) atoms. The molecule has 1 rings (SSSR count). The molecule has 1 fully saturated rings. The van der Waals surface area contributed by atoms with Gasteiger partial charge in [-0.1, -0.05) is 31.5 Å². The van der Waals surface area contributed by atoms with E-state index >= 15 is 0 Å². The summed E-state index contributed by atoms with van der Waals surface area (Å²) >= 11 is 5.51. The predicted octanol–water partition coefficient (Wildman–Crippen LogP) is 3.56. The summed E-state index contributed by atoms with van der Waals surface area (Å²) in [5, 5.41) is 9.82. The molecule has 1 nitrogen and oxygen atoms in total. The number of halogens is 1. The minimum Gasteiger partial charge on any atom is -0.393 e.